The van der Waals surface area contributed by atoms with Gasteiger partial charge in [-0.15, -0.1) is 0 Å². The summed E-state index contributed by atoms with van der Waals surface area (Å²) in [5.41, 5.74) is 2.62. The predicted octanol–water partition coefficient (Wildman–Crippen LogP) is 5.70. The van der Waals surface area contributed by atoms with Crippen LogP contribution in [0.25, 0.3) is 10.2 Å². The number of hydrogen-bond donors (Lipinski definition) is 0. The van der Waals surface area contributed by atoms with Gasteiger partial charge in [-0.3, -0.25) is 9.10 Å². The van der Waals surface area contributed by atoms with E-state index in [1.807, 2.05) is 31.2 Å². The van der Waals surface area contributed by atoms with Gasteiger partial charge in [-0.1, -0.05) is 35.6 Å². The lowest BCUT2D eigenvalue weighted by Gasteiger charge is -2.19. The number of benzene rings is 3. The van der Waals surface area contributed by atoms with E-state index in [4.69, 9.17) is 4.42 Å². The average Bonchev–Trinajstić information content (AvgIpc) is 3.58. The molecule has 0 fully saturated rings. The maximum atomic E-state index is 13.6. The van der Waals surface area contributed by atoms with Gasteiger partial charge in [0.1, 0.15) is 5.76 Å². The van der Waals surface area contributed by atoms with Gasteiger partial charge in [-0.25, -0.2) is 13.4 Å². The third-order valence-corrected chi connectivity index (χ3v) is 8.42. The van der Waals surface area contributed by atoms with Gasteiger partial charge < -0.3 is 4.42 Å². The van der Waals surface area contributed by atoms with E-state index in [-0.39, 0.29) is 10.5 Å². The summed E-state index contributed by atoms with van der Waals surface area (Å²) in [5, 5.41) is 5.94. The molecule has 10 heteroatoms. The molecule has 5 rings (SSSR count). The number of rotatable bonds is 7. The highest BCUT2D eigenvalue weighted by Gasteiger charge is 2.24. The number of aromatic nitrogens is 1. The summed E-state index contributed by atoms with van der Waals surface area (Å²) >= 11 is 1.34. The number of carbonyl (C=O) groups is 1. The summed E-state index contributed by atoms with van der Waals surface area (Å²) in [6, 6.07) is 23.8. The van der Waals surface area contributed by atoms with E-state index in [2.05, 4.69) is 10.1 Å². The fraction of sp³-hybridized carbons (Fsp3) is 0.0741. The summed E-state index contributed by atoms with van der Waals surface area (Å²) in [6.07, 6.45) is 2.95. The Morgan fingerprint density at radius 1 is 1.00 bits per heavy atom. The molecule has 0 radical (unpaired) electrons. The van der Waals surface area contributed by atoms with Gasteiger partial charge in [0, 0.05) is 12.6 Å². The molecule has 0 saturated heterocycles. The molecule has 8 nitrogen and oxygen atoms in total. The second-order valence-electron chi connectivity index (χ2n) is 8.18. The first-order valence-electron chi connectivity index (χ1n) is 11.3. The third kappa shape index (κ3) is 5.02. The van der Waals surface area contributed by atoms with E-state index in [1.54, 1.807) is 36.4 Å². The molecule has 0 atom stereocenters. The molecule has 0 N–H and O–H groups in total. The van der Waals surface area contributed by atoms with Gasteiger partial charge in [-0.05, 0) is 73.2 Å². The number of hydrogen-bond acceptors (Lipinski definition) is 7. The van der Waals surface area contributed by atoms with Gasteiger partial charge in [0.05, 0.1) is 33.3 Å². The predicted molar refractivity (Wildman–Crippen MR) is 146 cm³/mol. The van der Waals surface area contributed by atoms with Gasteiger partial charge in [0.25, 0.3) is 15.9 Å². The number of furan rings is 1. The van der Waals surface area contributed by atoms with Crippen molar-refractivity contribution in [1.82, 2.24) is 4.98 Å². The van der Waals surface area contributed by atoms with Crippen LogP contribution >= 0.6 is 11.3 Å². The molecular weight excluding hydrogens is 508 g/mol. The number of carbonyl (C=O) groups excluding carboxylic acids is 1. The molecule has 2 aromatic heterocycles. The summed E-state index contributed by atoms with van der Waals surface area (Å²) in [5.74, 6) is 0.0130. The van der Waals surface area contributed by atoms with Crippen LogP contribution in [-0.4, -0.2) is 32.6 Å². The van der Waals surface area contributed by atoms with Crippen molar-refractivity contribution in [3.63, 3.8) is 0 Å². The Morgan fingerprint density at radius 3 is 2.46 bits per heavy atom. The molecule has 0 aliphatic heterocycles. The molecule has 0 unspecified atom stereocenters. The molecule has 186 valence electrons. The first kappa shape index (κ1) is 24.4. The highest BCUT2D eigenvalue weighted by molar-refractivity contribution is 7.92. The van der Waals surface area contributed by atoms with E-state index < -0.39 is 15.9 Å². The molecule has 0 saturated carbocycles. The van der Waals surface area contributed by atoms with Crippen molar-refractivity contribution in [2.75, 3.05) is 16.4 Å². The standard InChI is InChI=1S/C27H22N4O4S2/c1-19-10-15-24-25(17-19)36-27(29-24)31(28-18-22-9-6-16-35-22)26(32)20-11-13-23(14-12-20)37(33,34)30(2)21-7-4-3-5-8-21/h3-18H,1-2H3/b28-18+. The van der Waals surface area contributed by atoms with Crippen molar-refractivity contribution in [3.8, 4) is 0 Å². The first-order valence-corrected chi connectivity index (χ1v) is 13.5. The quantitative estimate of drug-likeness (QED) is 0.199. The lowest BCUT2D eigenvalue weighted by atomic mass is 10.2. The number of sulfonamides is 1. The van der Waals surface area contributed by atoms with Crippen molar-refractivity contribution in [3.05, 3.63) is 108 Å². The zero-order valence-corrected chi connectivity index (χ0v) is 21.6. The van der Waals surface area contributed by atoms with Crippen molar-refractivity contribution < 1.29 is 17.6 Å². The Bertz CT molecular complexity index is 1680. The minimum Gasteiger partial charge on any atom is -0.463 e. The fourth-order valence-corrected chi connectivity index (χ4v) is 5.82. The summed E-state index contributed by atoms with van der Waals surface area (Å²) in [7, 11) is -2.32. The fourth-order valence-electron chi connectivity index (χ4n) is 3.60. The summed E-state index contributed by atoms with van der Waals surface area (Å²) < 4.78 is 33.7. The topological polar surface area (TPSA) is 96.1 Å². The second-order valence-corrected chi connectivity index (χ2v) is 11.2. The van der Waals surface area contributed by atoms with Crippen molar-refractivity contribution >= 4 is 54.5 Å². The van der Waals surface area contributed by atoms with Gasteiger partial charge in [-0.2, -0.15) is 10.1 Å². The lowest BCUT2D eigenvalue weighted by Crippen LogP contribution is -2.27. The van der Waals surface area contributed by atoms with Crippen LogP contribution < -0.4 is 9.31 Å². The van der Waals surface area contributed by atoms with Crippen molar-refractivity contribution in [1.29, 1.82) is 0 Å². The van der Waals surface area contributed by atoms with E-state index >= 15 is 0 Å². The number of fused-ring (bicyclic) bond motifs is 1. The van der Waals surface area contributed by atoms with E-state index in [0.717, 1.165) is 15.8 Å². The normalized spacial score (nSPS) is 11.7. The summed E-state index contributed by atoms with van der Waals surface area (Å²) in [4.78, 5) is 18.2. The minimum atomic E-state index is -3.81. The SMILES string of the molecule is Cc1ccc2nc(N(/N=C/c3ccco3)C(=O)c3ccc(S(=O)(=O)N(C)c4ccccc4)cc3)sc2c1. The molecule has 3 aromatic carbocycles. The maximum Gasteiger partial charge on any atom is 0.280 e. The Morgan fingerprint density at radius 2 is 1.76 bits per heavy atom. The van der Waals surface area contributed by atoms with Gasteiger partial charge >= 0.3 is 0 Å². The van der Waals surface area contributed by atoms with Crippen LogP contribution in [0, 0.1) is 6.92 Å². The van der Waals surface area contributed by atoms with E-state index in [9.17, 15) is 13.2 Å². The Kier molecular flexibility index (Phi) is 6.60. The third-order valence-electron chi connectivity index (χ3n) is 5.63. The van der Waals surface area contributed by atoms with Crippen LogP contribution in [-0.2, 0) is 10.0 Å². The number of thiazole rings is 1. The highest BCUT2D eigenvalue weighted by atomic mass is 32.2. The van der Waals surface area contributed by atoms with Crippen LogP contribution in [0.2, 0.25) is 0 Å². The average molecular weight is 531 g/mol. The zero-order chi connectivity index (χ0) is 26.0. The number of anilines is 2. The number of para-hydroxylation sites is 1. The molecular formula is C27H22N4O4S2. The van der Waals surface area contributed by atoms with Crippen LogP contribution in [0.5, 0.6) is 0 Å². The molecule has 0 aliphatic rings. The molecule has 5 aromatic rings. The summed E-state index contributed by atoms with van der Waals surface area (Å²) in [6.45, 7) is 1.99. The highest BCUT2D eigenvalue weighted by Crippen LogP contribution is 2.31. The molecule has 2 heterocycles. The number of nitrogens with zero attached hydrogens (tertiary/aromatic N) is 4. The molecule has 0 aliphatic carbocycles. The molecule has 37 heavy (non-hydrogen) atoms. The van der Waals surface area contributed by atoms with Gasteiger partial charge in [0.15, 0.2) is 0 Å². The molecule has 0 spiro atoms. The Labute approximate surface area is 218 Å². The van der Waals surface area contributed by atoms with Crippen LogP contribution in [0.1, 0.15) is 21.7 Å². The number of amides is 1. The van der Waals surface area contributed by atoms with Crippen LogP contribution in [0.3, 0.4) is 0 Å². The first-order chi connectivity index (χ1) is 17.8. The maximum absolute atomic E-state index is 13.6. The van der Waals surface area contributed by atoms with Crippen LogP contribution in [0.15, 0.2) is 106 Å². The Balaban J connectivity index is 1.47. The monoisotopic (exact) mass is 530 g/mol. The number of aryl methyl sites for hydroxylation is 1. The van der Waals surface area contributed by atoms with Crippen LogP contribution in [0.4, 0.5) is 10.8 Å². The minimum absolute atomic E-state index is 0.0662. The smallest absolute Gasteiger partial charge is 0.280 e. The van der Waals surface area contributed by atoms with E-state index in [1.165, 1.54) is 64.4 Å². The Hall–Kier alpha value is -4.28. The van der Waals surface area contributed by atoms with E-state index in [0.29, 0.717) is 16.6 Å². The largest absolute Gasteiger partial charge is 0.463 e. The number of hydrazone groups is 1. The molecule has 1 amide bonds. The zero-order valence-electron chi connectivity index (χ0n) is 20.0. The van der Waals surface area contributed by atoms with Crippen molar-refractivity contribution in [2.45, 2.75) is 11.8 Å². The molecule has 0 bridgehead atoms. The lowest BCUT2D eigenvalue weighted by molar-refractivity contribution is 0.0987. The second kappa shape index (κ2) is 10.00. The van der Waals surface area contributed by atoms with Crippen molar-refractivity contribution in [2.24, 2.45) is 5.10 Å². The van der Waals surface area contributed by atoms with Gasteiger partial charge in [0.2, 0.25) is 5.13 Å².